The SMILES string of the molecule is Cc1cccc(O)c1C(=O)c1ccccc1. The second kappa shape index (κ2) is 4.19. The van der Waals surface area contributed by atoms with Crippen LogP contribution in [0.15, 0.2) is 48.5 Å². The predicted octanol–water partition coefficient (Wildman–Crippen LogP) is 2.93. The summed E-state index contributed by atoms with van der Waals surface area (Å²) in [5.74, 6) is -0.106. The van der Waals surface area contributed by atoms with Crippen molar-refractivity contribution in [1.29, 1.82) is 0 Å². The summed E-state index contributed by atoms with van der Waals surface area (Å²) in [6.07, 6.45) is 0. The van der Waals surface area contributed by atoms with Crippen LogP contribution in [0.5, 0.6) is 5.75 Å². The van der Waals surface area contributed by atoms with Gasteiger partial charge < -0.3 is 5.11 Å². The molecule has 2 heteroatoms. The number of ketones is 1. The second-order valence-electron chi connectivity index (χ2n) is 3.66. The first kappa shape index (κ1) is 10.4. The maximum absolute atomic E-state index is 12.1. The number of hydrogen-bond donors (Lipinski definition) is 1. The Morgan fingerprint density at radius 2 is 1.69 bits per heavy atom. The maximum atomic E-state index is 12.1. The van der Waals surface area contributed by atoms with Gasteiger partial charge in [0.15, 0.2) is 5.78 Å². The highest BCUT2D eigenvalue weighted by Gasteiger charge is 2.15. The topological polar surface area (TPSA) is 37.3 Å². The highest BCUT2D eigenvalue weighted by atomic mass is 16.3. The molecule has 0 aliphatic rings. The van der Waals surface area contributed by atoms with E-state index in [2.05, 4.69) is 0 Å². The van der Waals surface area contributed by atoms with Crippen molar-refractivity contribution in [3.8, 4) is 5.75 Å². The standard InChI is InChI=1S/C14H12O2/c1-10-6-5-9-12(15)13(10)14(16)11-7-3-2-4-8-11/h2-9,15H,1H3. The second-order valence-corrected chi connectivity index (χ2v) is 3.66. The summed E-state index contributed by atoms with van der Waals surface area (Å²) < 4.78 is 0. The molecule has 16 heavy (non-hydrogen) atoms. The van der Waals surface area contributed by atoms with Crippen molar-refractivity contribution < 1.29 is 9.90 Å². The van der Waals surface area contributed by atoms with Gasteiger partial charge in [-0.3, -0.25) is 4.79 Å². The fourth-order valence-electron chi connectivity index (χ4n) is 1.68. The van der Waals surface area contributed by atoms with Gasteiger partial charge in [-0.05, 0) is 18.6 Å². The summed E-state index contributed by atoms with van der Waals surface area (Å²) in [4.78, 5) is 12.1. The number of carbonyl (C=O) groups excluding carboxylic acids is 1. The highest BCUT2D eigenvalue weighted by molar-refractivity contribution is 6.11. The molecule has 80 valence electrons. The van der Waals surface area contributed by atoms with Crippen molar-refractivity contribution in [3.63, 3.8) is 0 Å². The number of aromatic hydroxyl groups is 1. The summed E-state index contributed by atoms with van der Waals surface area (Å²) in [5, 5.41) is 9.70. The van der Waals surface area contributed by atoms with E-state index in [9.17, 15) is 9.90 Å². The highest BCUT2D eigenvalue weighted by Crippen LogP contribution is 2.23. The number of benzene rings is 2. The molecule has 0 unspecified atom stereocenters. The van der Waals surface area contributed by atoms with E-state index in [1.165, 1.54) is 6.07 Å². The molecular formula is C14H12O2. The molecular weight excluding hydrogens is 200 g/mol. The van der Waals surface area contributed by atoms with E-state index in [4.69, 9.17) is 0 Å². The Bertz CT molecular complexity index is 495. The summed E-state index contributed by atoms with van der Waals surface area (Å²) in [6, 6.07) is 14.0. The molecule has 0 aliphatic carbocycles. The van der Waals surface area contributed by atoms with E-state index >= 15 is 0 Å². The average molecular weight is 212 g/mol. The Labute approximate surface area is 94.2 Å². The lowest BCUT2D eigenvalue weighted by atomic mass is 9.98. The van der Waals surface area contributed by atoms with Crippen LogP contribution in [-0.4, -0.2) is 10.9 Å². The van der Waals surface area contributed by atoms with Crippen LogP contribution >= 0.6 is 0 Å². The van der Waals surface area contributed by atoms with Crippen molar-refractivity contribution in [1.82, 2.24) is 0 Å². The first-order chi connectivity index (χ1) is 7.70. The quantitative estimate of drug-likeness (QED) is 0.777. The molecule has 0 radical (unpaired) electrons. The minimum atomic E-state index is -0.142. The maximum Gasteiger partial charge on any atom is 0.197 e. The number of carbonyl (C=O) groups is 1. The zero-order chi connectivity index (χ0) is 11.5. The van der Waals surface area contributed by atoms with Gasteiger partial charge in [0.05, 0.1) is 5.56 Å². The lowest BCUT2D eigenvalue weighted by Crippen LogP contribution is -2.03. The number of rotatable bonds is 2. The predicted molar refractivity (Wildman–Crippen MR) is 62.7 cm³/mol. The molecule has 2 aromatic carbocycles. The Morgan fingerprint density at radius 1 is 1.00 bits per heavy atom. The molecule has 0 saturated carbocycles. The van der Waals surface area contributed by atoms with Crippen molar-refractivity contribution in [2.75, 3.05) is 0 Å². The Morgan fingerprint density at radius 3 is 2.31 bits per heavy atom. The summed E-state index contributed by atoms with van der Waals surface area (Å²) in [7, 11) is 0. The minimum Gasteiger partial charge on any atom is -0.507 e. The molecule has 0 fully saturated rings. The van der Waals surface area contributed by atoms with Crippen molar-refractivity contribution in [2.45, 2.75) is 6.92 Å². The molecule has 2 nitrogen and oxygen atoms in total. The zero-order valence-corrected chi connectivity index (χ0v) is 8.97. The molecule has 0 aliphatic heterocycles. The number of phenols is 1. The fourth-order valence-corrected chi connectivity index (χ4v) is 1.68. The molecule has 1 N–H and O–H groups in total. The number of phenolic OH excluding ortho intramolecular Hbond substituents is 1. The minimum absolute atomic E-state index is 0.0360. The van der Waals surface area contributed by atoms with Crippen LogP contribution in [0.25, 0.3) is 0 Å². The van der Waals surface area contributed by atoms with E-state index < -0.39 is 0 Å². The fraction of sp³-hybridized carbons (Fsp3) is 0.0714. The summed E-state index contributed by atoms with van der Waals surface area (Å²) in [6.45, 7) is 1.82. The largest absolute Gasteiger partial charge is 0.507 e. The van der Waals surface area contributed by atoms with Gasteiger partial charge in [0.1, 0.15) is 5.75 Å². The van der Waals surface area contributed by atoms with E-state index in [0.717, 1.165) is 5.56 Å². The molecule has 0 amide bonds. The third kappa shape index (κ3) is 1.82. The van der Waals surface area contributed by atoms with Gasteiger partial charge in [0.2, 0.25) is 0 Å². The van der Waals surface area contributed by atoms with E-state index in [-0.39, 0.29) is 11.5 Å². The lowest BCUT2D eigenvalue weighted by Gasteiger charge is -2.06. The van der Waals surface area contributed by atoms with E-state index in [1.54, 1.807) is 18.2 Å². The van der Waals surface area contributed by atoms with Crippen LogP contribution in [0.2, 0.25) is 0 Å². The van der Waals surface area contributed by atoms with Gasteiger partial charge in [0.25, 0.3) is 0 Å². The average Bonchev–Trinajstić information content (AvgIpc) is 2.30. The van der Waals surface area contributed by atoms with E-state index in [1.807, 2.05) is 31.2 Å². The van der Waals surface area contributed by atoms with Crippen molar-refractivity contribution in [3.05, 3.63) is 65.2 Å². The van der Waals surface area contributed by atoms with E-state index in [0.29, 0.717) is 11.1 Å². The van der Waals surface area contributed by atoms with Crippen LogP contribution in [0, 0.1) is 6.92 Å². The first-order valence-corrected chi connectivity index (χ1v) is 5.08. The molecule has 0 spiro atoms. The van der Waals surface area contributed by atoms with Gasteiger partial charge in [-0.25, -0.2) is 0 Å². The monoisotopic (exact) mass is 212 g/mol. The van der Waals surface area contributed by atoms with Crippen LogP contribution in [-0.2, 0) is 0 Å². The summed E-state index contributed by atoms with van der Waals surface area (Å²) in [5.41, 5.74) is 1.76. The Hall–Kier alpha value is -2.09. The first-order valence-electron chi connectivity index (χ1n) is 5.08. The molecule has 2 aromatic rings. The zero-order valence-electron chi connectivity index (χ0n) is 8.97. The van der Waals surface area contributed by atoms with Gasteiger partial charge in [-0.2, -0.15) is 0 Å². The van der Waals surface area contributed by atoms with Crippen LogP contribution < -0.4 is 0 Å². The molecule has 0 saturated heterocycles. The summed E-state index contributed by atoms with van der Waals surface area (Å²) >= 11 is 0. The number of hydrogen-bond acceptors (Lipinski definition) is 2. The van der Waals surface area contributed by atoms with Crippen LogP contribution in [0.1, 0.15) is 21.5 Å². The van der Waals surface area contributed by atoms with Crippen LogP contribution in [0.3, 0.4) is 0 Å². The van der Waals surface area contributed by atoms with Gasteiger partial charge in [-0.1, -0.05) is 42.5 Å². The number of aryl methyl sites for hydroxylation is 1. The van der Waals surface area contributed by atoms with Gasteiger partial charge in [-0.15, -0.1) is 0 Å². The molecule has 2 rings (SSSR count). The Kier molecular flexibility index (Phi) is 2.73. The third-order valence-electron chi connectivity index (χ3n) is 2.51. The van der Waals surface area contributed by atoms with Crippen molar-refractivity contribution in [2.24, 2.45) is 0 Å². The molecule has 0 aromatic heterocycles. The van der Waals surface area contributed by atoms with Gasteiger partial charge >= 0.3 is 0 Å². The third-order valence-corrected chi connectivity index (χ3v) is 2.51. The normalized spacial score (nSPS) is 10.1. The molecule has 0 heterocycles. The smallest absolute Gasteiger partial charge is 0.197 e. The van der Waals surface area contributed by atoms with Crippen molar-refractivity contribution >= 4 is 5.78 Å². The Balaban J connectivity index is 2.50. The van der Waals surface area contributed by atoms with Crippen LogP contribution in [0.4, 0.5) is 0 Å². The van der Waals surface area contributed by atoms with Gasteiger partial charge in [0, 0.05) is 5.56 Å². The molecule has 0 atom stereocenters. The molecule has 0 bridgehead atoms. The lowest BCUT2D eigenvalue weighted by molar-refractivity contribution is 0.103.